The van der Waals surface area contributed by atoms with Gasteiger partial charge in [-0.2, -0.15) is 0 Å². The number of phenols is 1. The van der Waals surface area contributed by atoms with E-state index in [9.17, 15) is 39.3 Å². The van der Waals surface area contributed by atoms with Crippen LogP contribution in [0.5, 0.6) is 11.5 Å². The molecule has 0 amide bonds. The van der Waals surface area contributed by atoms with Gasteiger partial charge in [0.05, 0.1) is 17.4 Å². The Hall–Kier alpha value is -5.73. The van der Waals surface area contributed by atoms with E-state index in [2.05, 4.69) is 4.90 Å². The van der Waals surface area contributed by atoms with Gasteiger partial charge in [-0.15, -0.1) is 0 Å². The molecule has 3 N–H and O–H groups in total. The lowest BCUT2D eigenvalue weighted by molar-refractivity contribution is -0.185. The maximum Gasteiger partial charge on any atom is 0.353 e. The average Bonchev–Trinajstić information content (AvgIpc) is 3.50. The minimum atomic E-state index is -1.89. The summed E-state index contributed by atoms with van der Waals surface area (Å²) < 4.78 is 28.1. The predicted octanol–water partition coefficient (Wildman–Crippen LogP) is 3.19. The van der Waals surface area contributed by atoms with E-state index in [1.54, 1.807) is 42.5 Å². The van der Waals surface area contributed by atoms with E-state index < -0.39 is 71.7 Å². The number of hydrogen-bond donors (Lipinski definition) is 3. The molecule has 7 atom stereocenters. The van der Waals surface area contributed by atoms with Crippen LogP contribution < -0.4 is 4.74 Å². The first-order chi connectivity index (χ1) is 25.3. The van der Waals surface area contributed by atoms with Crippen LogP contribution in [0.4, 0.5) is 0 Å². The second-order valence-electron chi connectivity index (χ2n) is 13.7. The Kier molecular flexibility index (Phi) is 9.20. The molecule has 2 aliphatic heterocycles. The van der Waals surface area contributed by atoms with Crippen LogP contribution in [0, 0.1) is 0 Å². The molecule has 4 aliphatic rings. The monoisotopic (exact) mass is 727 g/mol. The highest BCUT2D eigenvalue weighted by Crippen LogP contribution is 2.65. The number of phenolic OH excluding ortho intramolecular Hbond substituents is 1. The summed E-state index contributed by atoms with van der Waals surface area (Å²) in [7, 11) is 1.94. The lowest BCUT2D eigenvalue weighted by Crippen LogP contribution is -2.74. The number of piperidine rings is 1. The molecule has 2 aliphatic carbocycles. The van der Waals surface area contributed by atoms with E-state index in [1.807, 2.05) is 13.1 Å². The third-order valence-corrected chi connectivity index (χ3v) is 10.6. The molecule has 14 nitrogen and oxygen atoms in total. The number of nitrogens with zero attached hydrogens (tertiary/aromatic N) is 1. The molecule has 276 valence electrons. The van der Waals surface area contributed by atoms with Crippen LogP contribution in [0.2, 0.25) is 0 Å². The smallest absolute Gasteiger partial charge is 0.353 e. The van der Waals surface area contributed by atoms with Gasteiger partial charge in [0.15, 0.2) is 17.6 Å². The Morgan fingerprint density at radius 2 is 1.55 bits per heavy atom. The summed E-state index contributed by atoms with van der Waals surface area (Å²) in [4.78, 5) is 67.0. The molecule has 3 aromatic carbocycles. The molecule has 1 spiro atoms. The molecular formula is C39H37NO13. The number of ether oxygens (including phenoxy) is 5. The van der Waals surface area contributed by atoms with Crippen molar-refractivity contribution in [3.8, 4) is 11.5 Å². The Balaban J connectivity index is 1.12. The van der Waals surface area contributed by atoms with Crippen molar-refractivity contribution in [3.63, 3.8) is 0 Å². The molecule has 3 aromatic rings. The SMILES string of the molecule is CC(=O)O[C@@H](CC(=O)OC1=CC[C@@]2(O)[C@H]3Cc4ccc(O)c5c4C2(CCN3C)[C@H]1O5)C(=O)O[C@H](C(=O)O[C@H](C(=O)O)c1ccccc1)c1ccccc1. The number of rotatable bonds is 11. The van der Waals surface area contributed by atoms with Crippen molar-refractivity contribution in [1.82, 2.24) is 4.90 Å². The van der Waals surface area contributed by atoms with Crippen molar-refractivity contribution >= 4 is 29.8 Å². The van der Waals surface area contributed by atoms with Crippen molar-refractivity contribution in [2.45, 2.75) is 74.1 Å². The molecule has 1 unspecified atom stereocenters. The zero-order chi connectivity index (χ0) is 37.7. The van der Waals surface area contributed by atoms with Crippen molar-refractivity contribution in [2.75, 3.05) is 13.6 Å². The van der Waals surface area contributed by atoms with Crippen molar-refractivity contribution in [2.24, 2.45) is 0 Å². The highest BCUT2D eigenvalue weighted by Gasteiger charge is 2.72. The molecule has 1 fully saturated rings. The van der Waals surface area contributed by atoms with Gasteiger partial charge in [0.2, 0.25) is 18.3 Å². The third-order valence-electron chi connectivity index (χ3n) is 10.6. The number of likely N-dealkylation sites (tertiary alicyclic amines) is 1. The second-order valence-corrected chi connectivity index (χ2v) is 13.7. The zero-order valence-corrected chi connectivity index (χ0v) is 28.8. The molecule has 2 heterocycles. The zero-order valence-electron chi connectivity index (χ0n) is 28.8. The van der Waals surface area contributed by atoms with Crippen molar-refractivity contribution in [1.29, 1.82) is 0 Å². The normalized spacial score (nSPS) is 25.3. The average molecular weight is 728 g/mol. The van der Waals surface area contributed by atoms with Crippen LogP contribution in [0.25, 0.3) is 0 Å². The standard InChI is InChI=1S/C39H37NO13/c1-21(41)49-27(36(46)53-32(23-11-7-4-8-12-23)37(47)52-31(35(44)45)22-9-5-3-6-10-22)20-29(43)50-26-15-16-39(48)28-19-24-13-14-25(42)33-30(24)38(39,34(26)51-33)17-18-40(28)2/h3-15,27-28,31-32,34,42,48H,16-20H2,1-2H3,(H,44,45)/t27-,28+,31-,32-,34-,38?,39+/m0/s1. The first kappa shape index (κ1) is 35.7. The maximum absolute atomic E-state index is 13.6. The third kappa shape index (κ3) is 6.07. The van der Waals surface area contributed by atoms with Gasteiger partial charge in [-0.1, -0.05) is 66.7 Å². The van der Waals surface area contributed by atoms with Gasteiger partial charge in [0.25, 0.3) is 0 Å². The molecular weight excluding hydrogens is 690 g/mol. The van der Waals surface area contributed by atoms with Crippen LogP contribution in [0.1, 0.15) is 60.6 Å². The number of aliphatic carboxylic acids is 1. The van der Waals surface area contributed by atoms with Crippen LogP contribution in [-0.2, 0) is 54.8 Å². The fraction of sp³-hybridized carbons (Fsp3) is 0.359. The molecule has 2 bridgehead atoms. The van der Waals surface area contributed by atoms with Crippen molar-refractivity contribution < 1.29 is 63.0 Å². The summed E-state index contributed by atoms with van der Waals surface area (Å²) in [5.41, 5.74) is -0.466. The number of benzene rings is 3. The van der Waals surface area contributed by atoms with Gasteiger partial charge in [-0.25, -0.2) is 14.4 Å². The minimum absolute atomic E-state index is 0.0627. The van der Waals surface area contributed by atoms with E-state index in [4.69, 9.17) is 23.7 Å². The number of carbonyl (C=O) groups is 5. The number of esters is 4. The van der Waals surface area contributed by atoms with Gasteiger partial charge in [-0.3, -0.25) is 9.59 Å². The first-order valence-electron chi connectivity index (χ1n) is 17.1. The van der Waals surface area contributed by atoms with Crippen LogP contribution in [0.3, 0.4) is 0 Å². The Bertz CT molecular complexity index is 2000. The summed E-state index contributed by atoms with van der Waals surface area (Å²) in [5, 5.41) is 33.0. The van der Waals surface area contributed by atoms with Gasteiger partial charge >= 0.3 is 29.8 Å². The van der Waals surface area contributed by atoms with Crippen LogP contribution in [-0.4, -0.2) is 87.5 Å². The van der Waals surface area contributed by atoms with Gasteiger partial charge < -0.3 is 43.9 Å². The minimum Gasteiger partial charge on any atom is -0.504 e. The largest absolute Gasteiger partial charge is 0.504 e. The van der Waals surface area contributed by atoms with Crippen LogP contribution >= 0.6 is 0 Å². The van der Waals surface area contributed by atoms with E-state index >= 15 is 0 Å². The van der Waals surface area contributed by atoms with Crippen molar-refractivity contribution in [3.05, 3.63) is 107 Å². The lowest BCUT2D eigenvalue weighted by Gasteiger charge is -2.61. The molecule has 0 aromatic heterocycles. The summed E-state index contributed by atoms with van der Waals surface area (Å²) in [5.74, 6) is -5.78. The second kappa shape index (κ2) is 13.7. The van der Waals surface area contributed by atoms with E-state index in [-0.39, 0.29) is 40.8 Å². The van der Waals surface area contributed by atoms with E-state index in [0.29, 0.717) is 24.9 Å². The van der Waals surface area contributed by atoms with Gasteiger partial charge in [0.1, 0.15) is 5.76 Å². The molecule has 14 heteroatoms. The number of aliphatic hydroxyl groups is 1. The summed E-state index contributed by atoms with van der Waals surface area (Å²) in [6.07, 6.45) is -4.63. The molecule has 0 radical (unpaired) electrons. The number of carboxylic acid groups (broad SMARTS) is 1. The number of hydrogen-bond acceptors (Lipinski definition) is 13. The Morgan fingerprint density at radius 3 is 2.19 bits per heavy atom. The van der Waals surface area contributed by atoms with E-state index in [1.165, 1.54) is 30.3 Å². The highest BCUT2D eigenvalue weighted by molar-refractivity contribution is 5.88. The Labute approximate surface area is 303 Å². The molecule has 0 saturated carbocycles. The summed E-state index contributed by atoms with van der Waals surface area (Å²) >= 11 is 0. The molecule has 53 heavy (non-hydrogen) atoms. The summed E-state index contributed by atoms with van der Waals surface area (Å²) in [6.45, 7) is 1.62. The first-order valence-corrected chi connectivity index (χ1v) is 17.1. The lowest BCUT2D eigenvalue weighted by atomic mass is 9.50. The number of aromatic hydroxyl groups is 1. The maximum atomic E-state index is 13.6. The predicted molar refractivity (Wildman–Crippen MR) is 181 cm³/mol. The fourth-order valence-electron chi connectivity index (χ4n) is 8.27. The van der Waals surface area contributed by atoms with E-state index in [0.717, 1.165) is 12.5 Å². The van der Waals surface area contributed by atoms with Gasteiger partial charge in [0, 0.05) is 36.1 Å². The number of carboxylic acids is 1. The molecule has 7 rings (SSSR count). The number of likely N-dealkylation sites (N-methyl/N-ethyl adjacent to an activating group) is 1. The number of carbonyl (C=O) groups excluding carboxylic acids is 4. The molecule has 1 saturated heterocycles. The quantitative estimate of drug-likeness (QED) is 0.192. The fourth-order valence-corrected chi connectivity index (χ4v) is 8.27. The summed E-state index contributed by atoms with van der Waals surface area (Å²) in [6, 6.07) is 18.4. The topological polar surface area (TPSA) is 195 Å². The van der Waals surface area contributed by atoms with Gasteiger partial charge in [-0.05, 0) is 44.1 Å². The van der Waals surface area contributed by atoms with Crippen LogP contribution in [0.15, 0.2) is 84.6 Å². The highest BCUT2D eigenvalue weighted by atomic mass is 16.6. The Morgan fingerprint density at radius 1 is 0.906 bits per heavy atom.